The van der Waals surface area contributed by atoms with Gasteiger partial charge in [-0.2, -0.15) is 0 Å². The fourth-order valence-corrected chi connectivity index (χ4v) is 0. The van der Waals surface area contributed by atoms with E-state index in [1.165, 1.54) is 0 Å². The number of hydrogen-bond donors (Lipinski definition) is 5. The molecule has 0 rings (SSSR count). The minimum absolute atomic E-state index is 0. The van der Waals surface area contributed by atoms with Crippen LogP contribution >= 0.6 is 7.82 Å². The fourth-order valence-electron chi connectivity index (χ4n) is 0. The van der Waals surface area contributed by atoms with Crippen molar-refractivity contribution >= 4 is 77.8 Å². The Labute approximate surface area is 110 Å². The maximum atomic E-state index is 8.88. The van der Waals surface area contributed by atoms with Gasteiger partial charge in [0.2, 0.25) is 0 Å². The second-order valence-corrected chi connectivity index (χ2v) is 2.39. The van der Waals surface area contributed by atoms with Gasteiger partial charge in [-0.05, 0) is 0 Å². The van der Waals surface area contributed by atoms with Crippen molar-refractivity contribution in [1.29, 1.82) is 0 Å². The molecule has 0 aliphatic heterocycles. The fraction of sp³-hybridized carbons (Fsp3) is 0. The van der Waals surface area contributed by atoms with Gasteiger partial charge in [-0.3, -0.25) is 4.46 Å². The Bertz CT molecular complexity index is 118. The van der Waals surface area contributed by atoms with Crippen molar-refractivity contribution in [2.75, 3.05) is 0 Å². The minimum Gasteiger partial charge on any atom is 0.316 e. The predicted molar refractivity (Wildman–Crippen MR) is 42.2 cm³/mol. The zero-order chi connectivity index (χ0) is 8.08. The summed E-state index contributed by atoms with van der Waals surface area (Å²) >= 11 is 0. The molecule has 0 saturated heterocycles. The SMILES string of the molecule is O=P(O)(O)O.O=[Si](O)O.[CaH2].[MgH2]. The van der Waals surface area contributed by atoms with Gasteiger partial charge in [0, 0.05) is 0 Å². The van der Waals surface area contributed by atoms with Crippen molar-refractivity contribution in [3.63, 3.8) is 0 Å². The van der Waals surface area contributed by atoms with Crippen LogP contribution in [0.15, 0.2) is 0 Å². The zero-order valence-corrected chi connectivity index (χ0v) is 5.89. The van der Waals surface area contributed by atoms with E-state index < -0.39 is 17.0 Å². The van der Waals surface area contributed by atoms with E-state index in [9.17, 15) is 0 Å². The summed E-state index contributed by atoms with van der Waals surface area (Å²) in [5, 5.41) is 0. The van der Waals surface area contributed by atoms with Crippen LogP contribution in [0.5, 0.6) is 0 Å². The Hall–Kier alpha value is 1.75. The van der Waals surface area contributed by atoms with Gasteiger partial charge in [0.05, 0.1) is 0 Å². The Kier molecular flexibility index (Phi) is 24.6. The number of phosphoric acid groups is 1. The monoisotopic (exact) mass is 244 g/mol. The maximum Gasteiger partial charge on any atom is 0.316 e. The van der Waals surface area contributed by atoms with Crippen LogP contribution in [0.2, 0.25) is 0 Å². The summed E-state index contributed by atoms with van der Waals surface area (Å²) in [4.78, 5) is 35.9. The van der Waals surface area contributed by atoms with Crippen LogP contribution < -0.4 is 0 Å². The summed E-state index contributed by atoms with van der Waals surface area (Å²) in [5.41, 5.74) is 0. The van der Waals surface area contributed by atoms with Crippen molar-refractivity contribution < 1.29 is 33.3 Å². The van der Waals surface area contributed by atoms with E-state index in [4.69, 9.17) is 33.3 Å². The van der Waals surface area contributed by atoms with Crippen molar-refractivity contribution in [2.45, 2.75) is 0 Å². The normalized spacial score (nSPS) is 7.55. The molecule has 0 atom stereocenters. The van der Waals surface area contributed by atoms with Crippen LogP contribution in [0.3, 0.4) is 0 Å². The molecule has 0 aliphatic rings. The van der Waals surface area contributed by atoms with E-state index in [-0.39, 0.29) is 60.8 Å². The molecule has 0 amide bonds. The van der Waals surface area contributed by atoms with Crippen LogP contribution in [-0.2, 0) is 9.03 Å². The van der Waals surface area contributed by atoms with E-state index in [0.29, 0.717) is 0 Å². The molecule has 0 aromatic carbocycles. The van der Waals surface area contributed by atoms with Gasteiger partial charge >= 0.3 is 77.8 Å². The van der Waals surface area contributed by atoms with Gasteiger partial charge in [-0.15, -0.1) is 0 Å². The molecular formula is H9CaMgO7PSi. The van der Waals surface area contributed by atoms with E-state index in [2.05, 4.69) is 0 Å². The third kappa shape index (κ3) is 364. The van der Waals surface area contributed by atoms with Crippen molar-refractivity contribution in [3.8, 4) is 0 Å². The first-order valence-electron chi connectivity index (χ1n) is 1.43. The molecular weight excluding hydrogens is 235 g/mol. The van der Waals surface area contributed by atoms with E-state index in [1.807, 2.05) is 0 Å². The van der Waals surface area contributed by atoms with Crippen LogP contribution in [0, 0.1) is 0 Å². The summed E-state index contributed by atoms with van der Waals surface area (Å²) in [6.45, 7) is 0. The summed E-state index contributed by atoms with van der Waals surface area (Å²) in [6, 6.07) is 0. The zero-order valence-electron chi connectivity index (χ0n) is 4.00. The smallest absolute Gasteiger partial charge is 0.316 e. The van der Waals surface area contributed by atoms with Gasteiger partial charge in [0.25, 0.3) is 0 Å². The van der Waals surface area contributed by atoms with Crippen LogP contribution in [0.1, 0.15) is 0 Å². The molecule has 0 radical (unpaired) electrons. The van der Waals surface area contributed by atoms with Crippen molar-refractivity contribution in [3.05, 3.63) is 0 Å². The first kappa shape index (κ1) is 23.0. The largest absolute Gasteiger partial charge is 0.316 e. The maximum absolute atomic E-state index is 8.88. The van der Waals surface area contributed by atoms with E-state index >= 15 is 0 Å². The molecule has 11 heteroatoms. The summed E-state index contributed by atoms with van der Waals surface area (Å²) < 4.78 is 17.6. The van der Waals surface area contributed by atoms with E-state index in [0.717, 1.165) is 0 Å². The van der Waals surface area contributed by atoms with Crippen molar-refractivity contribution in [1.82, 2.24) is 0 Å². The van der Waals surface area contributed by atoms with E-state index in [1.54, 1.807) is 0 Å². The molecule has 11 heavy (non-hydrogen) atoms. The van der Waals surface area contributed by atoms with Crippen LogP contribution in [0.4, 0.5) is 0 Å². The number of hydrogen-bond acceptors (Lipinski definition) is 2. The van der Waals surface area contributed by atoms with Gasteiger partial charge < -0.3 is 24.3 Å². The molecule has 64 valence electrons. The van der Waals surface area contributed by atoms with Gasteiger partial charge in [-0.1, -0.05) is 0 Å². The Morgan fingerprint density at radius 3 is 1.09 bits per heavy atom. The Balaban J connectivity index is -0.0000000383. The predicted octanol–water partition coefficient (Wildman–Crippen LogP) is -4.37. The van der Waals surface area contributed by atoms with Gasteiger partial charge in [-0.25, -0.2) is 4.57 Å². The average Bonchev–Trinajstić information content (AvgIpc) is 1.19. The van der Waals surface area contributed by atoms with Crippen LogP contribution in [-0.4, -0.2) is 94.2 Å². The van der Waals surface area contributed by atoms with Gasteiger partial charge in [0.15, 0.2) is 0 Å². The van der Waals surface area contributed by atoms with Gasteiger partial charge in [0.1, 0.15) is 0 Å². The topological polar surface area (TPSA) is 135 Å². The second kappa shape index (κ2) is 11.8. The molecule has 0 unspecified atom stereocenters. The third-order valence-electron chi connectivity index (χ3n) is 0. The Morgan fingerprint density at radius 1 is 1.09 bits per heavy atom. The molecule has 0 aromatic rings. The molecule has 0 spiro atoms. The first-order valence-corrected chi connectivity index (χ1v) is 4.30. The molecule has 0 saturated carbocycles. The quantitative estimate of drug-likeness (QED) is 0.214. The third-order valence-corrected chi connectivity index (χ3v) is 0. The molecule has 5 N–H and O–H groups in total. The molecule has 0 aromatic heterocycles. The molecule has 0 heterocycles. The second-order valence-electron chi connectivity index (χ2n) is 0.796. The summed E-state index contributed by atoms with van der Waals surface area (Å²) in [5.74, 6) is 0. The summed E-state index contributed by atoms with van der Waals surface area (Å²) in [6.07, 6.45) is 0. The molecule has 0 bridgehead atoms. The molecule has 0 fully saturated rings. The molecule has 0 aliphatic carbocycles. The van der Waals surface area contributed by atoms with Crippen molar-refractivity contribution in [2.24, 2.45) is 0 Å². The first-order chi connectivity index (χ1) is 3.73. The van der Waals surface area contributed by atoms with Crippen LogP contribution in [0.25, 0.3) is 0 Å². The summed E-state index contributed by atoms with van der Waals surface area (Å²) in [7, 11) is -7.77. The molecule has 7 nitrogen and oxygen atoms in total. The average molecular weight is 245 g/mol. The minimum atomic E-state index is -4.64. The number of rotatable bonds is 0. The Morgan fingerprint density at radius 2 is 1.09 bits per heavy atom. The standard InChI is InChI=1S/Ca.Mg.H3O4P.H2O3Si.4H/c;;1-5(2,3)4;1-4(2)3;;;;/h;;(H3,1,2,3,4);1-2H;;;;.